The van der Waals surface area contributed by atoms with E-state index >= 15 is 0 Å². The molecule has 4 atom stereocenters. The maximum absolute atomic E-state index is 13.0. The minimum atomic E-state index is -1.03. The average molecular weight is 426 g/mol. The monoisotopic (exact) mass is 426 g/mol. The van der Waals surface area contributed by atoms with E-state index in [4.69, 9.17) is 14.3 Å². The Labute approximate surface area is 180 Å². The lowest BCUT2D eigenvalue weighted by Crippen LogP contribution is -2.55. The number of carbonyl (C=O) groups is 2. The quantitative estimate of drug-likeness (QED) is 0.616. The molecule has 2 amide bonds. The zero-order valence-electron chi connectivity index (χ0n) is 17.2. The number of fused-ring (bicyclic) bond motifs is 3. The molecule has 164 valence electrons. The molecular formula is C23H26N2O6. The molecule has 3 N–H and O–H groups in total. The highest BCUT2D eigenvalue weighted by atomic mass is 16.5. The number of benzene rings is 1. The minimum Gasteiger partial charge on any atom is -0.486 e. The molecule has 8 heteroatoms. The van der Waals surface area contributed by atoms with E-state index in [-0.39, 0.29) is 37.9 Å². The van der Waals surface area contributed by atoms with Crippen molar-refractivity contribution in [2.24, 2.45) is 0 Å². The standard InChI is InChI=1S/C23H26N2O6/c1-2-19(27)25(12-14-7-10-30-13-14)17-11-16(23(29)24-8-9-26)20-15-5-3-4-6-18(15)31-22(20)21(17)28/h3-7,10-11,13,17,20-22,26,28H,2,8-9,12H2,1H3,(H,24,29)/t17-,20+,21+,22+/m1/s1. The fourth-order valence-corrected chi connectivity index (χ4v) is 4.33. The Kier molecular flexibility index (Phi) is 6.11. The molecule has 0 unspecified atom stereocenters. The van der Waals surface area contributed by atoms with Crippen molar-refractivity contribution in [1.82, 2.24) is 10.2 Å². The van der Waals surface area contributed by atoms with Gasteiger partial charge >= 0.3 is 0 Å². The van der Waals surface area contributed by atoms with E-state index in [1.54, 1.807) is 36.3 Å². The fourth-order valence-electron chi connectivity index (χ4n) is 4.33. The van der Waals surface area contributed by atoms with Crippen LogP contribution in [0.15, 0.2) is 58.9 Å². The van der Waals surface area contributed by atoms with Gasteiger partial charge in [0.05, 0.1) is 31.1 Å². The average Bonchev–Trinajstić information content (AvgIpc) is 3.44. The third-order valence-electron chi connectivity index (χ3n) is 5.79. The molecule has 0 fully saturated rings. The second kappa shape index (κ2) is 8.95. The van der Waals surface area contributed by atoms with Gasteiger partial charge in [0, 0.05) is 36.2 Å². The Balaban J connectivity index is 1.75. The minimum absolute atomic E-state index is 0.107. The normalized spacial score (nSPS) is 23.9. The molecule has 0 radical (unpaired) electrons. The lowest BCUT2D eigenvalue weighted by Gasteiger charge is -2.40. The number of rotatable bonds is 7. The van der Waals surface area contributed by atoms with Crippen LogP contribution in [-0.2, 0) is 16.1 Å². The van der Waals surface area contributed by atoms with Crippen molar-refractivity contribution >= 4 is 11.8 Å². The van der Waals surface area contributed by atoms with Crippen LogP contribution in [0.2, 0.25) is 0 Å². The molecule has 1 aromatic heterocycles. The number of aliphatic hydroxyl groups excluding tert-OH is 2. The molecule has 0 saturated heterocycles. The summed E-state index contributed by atoms with van der Waals surface area (Å²) >= 11 is 0. The van der Waals surface area contributed by atoms with Gasteiger partial charge in [-0.15, -0.1) is 0 Å². The predicted molar refractivity (Wildman–Crippen MR) is 111 cm³/mol. The van der Waals surface area contributed by atoms with E-state index in [0.717, 1.165) is 11.1 Å². The van der Waals surface area contributed by atoms with Gasteiger partial charge in [-0.25, -0.2) is 0 Å². The van der Waals surface area contributed by atoms with E-state index < -0.39 is 24.2 Å². The summed E-state index contributed by atoms with van der Waals surface area (Å²) in [6, 6.07) is 8.38. The van der Waals surface area contributed by atoms with Crippen LogP contribution in [0.5, 0.6) is 5.75 Å². The first-order valence-corrected chi connectivity index (χ1v) is 10.4. The highest BCUT2D eigenvalue weighted by Gasteiger charge is 2.50. The molecule has 31 heavy (non-hydrogen) atoms. The Morgan fingerprint density at radius 3 is 2.74 bits per heavy atom. The first kappa shape index (κ1) is 21.1. The summed E-state index contributed by atoms with van der Waals surface area (Å²) in [5.41, 5.74) is 2.02. The molecule has 2 aromatic rings. The lowest BCUT2D eigenvalue weighted by molar-refractivity contribution is -0.137. The highest BCUT2D eigenvalue weighted by Crippen LogP contribution is 2.47. The van der Waals surface area contributed by atoms with Gasteiger partial charge in [0.15, 0.2) is 0 Å². The van der Waals surface area contributed by atoms with E-state index in [1.165, 1.54) is 6.26 Å². The molecule has 2 heterocycles. The van der Waals surface area contributed by atoms with Gasteiger partial charge in [-0.2, -0.15) is 0 Å². The van der Waals surface area contributed by atoms with Crippen LogP contribution < -0.4 is 10.1 Å². The molecule has 2 aliphatic rings. The molecule has 0 bridgehead atoms. The van der Waals surface area contributed by atoms with E-state index in [1.807, 2.05) is 18.2 Å². The zero-order valence-corrected chi connectivity index (χ0v) is 17.2. The summed E-state index contributed by atoms with van der Waals surface area (Å²) in [5.74, 6) is -0.367. The number of ether oxygens (including phenoxy) is 1. The van der Waals surface area contributed by atoms with Gasteiger partial charge in [-0.05, 0) is 18.2 Å². The molecule has 0 saturated carbocycles. The topological polar surface area (TPSA) is 112 Å². The first-order valence-electron chi connectivity index (χ1n) is 10.4. The summed E-state index contributed by atoms with van der Waals surface area (Å²) in [7, 11) is 0. The van der Waals surface area contributed by atoms with Crippen molar-refractivity contribution in [2.45, 2.75) is 44.1 Å². The van der Waals surface area contributed by atoms with Crippen molar-refractivity contribution in [3.8, 4) is 5.75 Å². The summed E-state index contributed by atoms with van der Waals surface area (Å²) in [4.78, 5) is 27.4. The smallest absolute Gasteiger partial charge is 0.247 e. The number of hydrogen-bond acceptors (Lipinski definition) is 6. The Morgan fingerprint density at radius 2 is 2.03 bits per heavy atom. The van der Waals surface area contributed by atoms with Crippen molar-refractivity contribution in [2.75, 3.05) is 13.2 Å². The number of nitrogens with zero attached hydrogens (tertiary/aromatic N) is 1. The SMILES string of the molecule is CCC(=O)N(Cc1ccoc1)[C@@H]1C=C(C(=O)NCCO)[C@@H]2c3ccccc3O[C@@H]2[C@H]1O. The second-order valence-electron chi connectivity index (χ2n) is 7.69. The third kappa shape index (κ3) is 3.96. The van der Waals surface area contributed by atoms with Crippen molar-refractivity contribution in [3.05, 3.63) is 65.6 Å². The molecule has 1 aromatic carbocycles. The lowest BCUT2D eigenvalue weighted by atomic mass is 9.77. The van der Waals surface area contributed by atoms with Gasteiger partial charge < -0.3 is 29.6 Å². The molecule has 1 aliphatic heterocycles. The maximum Gasteiger partial charge on any atom is 0.247 e. The molecule has 8 nitrogen and oxygen atoms in total. The van der Waals surface area contributed by atoms with Crippen LogP contribution in [0.25, 0.3) is 0 Å². The van der Waals surface area contributed by atoms with Crippen LogP contribution in [0.3, 0.4) is 0 Å². The molecule has 1 aliphatic carbocycles. The third-order valence-corrected chi connectivity index (χ3v) is 5.79. The Morgan fingerprint density at radius 1 is 1.23 bits per heavy atom. The first-order chi connectivity index (χ1) is 15.0. The Hall–Kier alpha value is -3.10. The number of para-hydroxylation sites is 1. The molecule has 4 rings (SSSR count). The number of nitrogens with one attached hydrogen (secondary N) is 1. The van der Waals surface area contributed by atoms with Crippen molar-refractivity contribution < 1.29 is 29.0 Å². The van der Waals surface area contributed by atoms with Crippen LogP contribution in [0.1, 0.15) is 30.4 Å². The molecular weight excluding hydrogens is 400 g/mol. The van der Waals surface area contributed by atoms with Gasteiger partial charge in [-0.3, -0.25) is 9.59 Å². The number of amides is 2. The van der Waals surface area contributed by atoms with Gasteiger partial charge in [0.1, 0.15) is 18.0 Å². The van der Waals surface area contributed by atoms with Gasteiger partial charge in [0.25, 0.3) is 0 Å². The van der Waals surface area contributed by atoms with Crippen LogP contribution in [0.4, 0.5) is 0 Å². The predicted octanol–water partition coefficient (Wildman–Crippen LogP) is 1.34. The van der Waals surface area contributed by atoms with E-state index in [2.05, 4.69) is 5.32 Å². The highest BCUT2D eigenvalue weighted by molar-refractivity contribution is 5.96. The zero-order chi connectivity index (χ0) is 22.0. The van der Waals surface area contributed by atoms with Crippen molar-refractivity contribution in [3.63, 3.8) is 0 Å². The van der Waals surface area contributed by atoms with Crippen LogP contribution in [0, 0.1) is 0 Å². The van der Waals surface area contributed by atoms with Gasteiger partial charge in [-0.1, -0.05) is 25.1 Å². The fraction of sp³-hybridized carbons (Fsp3) is 0.391. The van der Waals surface area contributed by atoms with Crippen LogP contribution in [-0.4, -0.2) is 58.3 Å². The summed E-state index contributed by atoms with van der Waals surface area (Å²) in [6.07, 6.45) is 3.24. The number of hydrogen-bond donors (Lipinski definition) is 3. The number of aliphatic hydroxyl groups is 2. The van der Waals surface area contributed by atoms with E-state index in [0.29, 0.717) is 11.3 Å². The maximum atomic E-state index is 13.0. The summed E-state index contributed by atoms with van der Waals surface area (Å²) in [6.45, 7) is 1.91. The largest absolute Gasteiger partial charge is 0.486 e. The van der Waals surface area contributed by atoms with Crippen molar-refractivity contribution in [1.29, 1.82) is 0 Å². The Bertz CT molecular complexity index is 970. The number of carbonyl (C=O) groups excluding carboxylic acids is 2. The molecule has 0 spiro atoms. The second-order valence-corrected chi connectivity index (χ2v) is 7.69. The van der Waals surface area contributed by atoms with Gasteiger partial charge in [0.2, 0.25) is 11.8 Å². The summed E-state index contributed by atoms with van der Waals surface area (Å²) in [5, 5.41) is 23.1. The van der Waals surface area contributed by atoms with E-state index in [9.17, 15) is 14.7 Å². The number of furan rings is 1. The summed E-state index contributed by atoms with van der Waals surface area (Å²) < 4.78 is 11.2. The van der Waals surface area contributed by atoms with Crippen LogP contribution >= 0.6 is 0 Å².